The van der Waals surface area contributed by atoms with E-state index in [9.17, 15) is 0 Å². The van der Waals surface area contributed by atoms with Gasteiger partial charge >= 0.3 is 0 Å². The standard InChI is InChI=1S/C22H21N5O2S/c1-2-28-19-12-14(9-10-18(19)29-13-15-6-5-11-30-15)20-25-21(23)26-22-24-16-7-3-4-8-17(16)27(20)22/h3-12,20H,2,13H2,1H3,(H3,23,24,25,26). The quantitative estimate of drug-likeness (QED) is 0.485. The molecule has 0 saturated carbocycles. The average molecular weight is 420 g/mol. The number of nitrogens with one attached hydrogen (secondary N) is 1. The van der Waals surface area contributed by atoms with E-state index in [0.29, 0.717) is 36.6 Å². The van der Waals surface area contributed by atoms with Crippen LogP contribution in [0.1, 0.15) is 23.5 Å². The fourth-order valence-corrected chi connectivity index (χ4v) is 4.17. The van der Waals surface area contributed by atoms with Crippen molar-refractivity contribution in [1.82, 2.24) is 9.55 Å². The summed E-state index contributed by atoms with van der Waals surface area (Å²) in [5, 5.41) is 5.10. The van der Waals surface area contributed by atoms with Gasteiger partial charge in [-0.1, -0.05) is 24.3 Å². The topological polar surface area (TPSA) is 86.7 Å². The number of ether oxygens (including phenoxy) is 2. The maximum Gasteiger partial charge on any atom is 0.212 e. The molecule has 1 unspecified atom stereocenters. The SMILES string of the molecule is CCOc1cc(C2N=C(N)Nc3nc4ccccc4n32)ccc1OCc1cccs1. The van der Waals surface area contributed by atoms with Gasteiger partial charge in [-0.3, -0.25) is 9.88 Å². The molecule has 30 heavy (non-hydrogen) atoms. The Balaban J connectivity index is 1.53. The fraction of sp³-hybridized carbons (Fsp3) is 0.182. The third-order valence-corrected chi connectivity index (χ3v) is 5.71. The molecule has 0 aliphatic carbocycles. The number of nitrogens with two attached hydrogens (primary N) is 1. The number of aromatic nitrogens is 2. The minimum atomic E-state index is -0.348. The van der Waals surface area contributed by atoms with Gasteiger partial charge in [0.2, 0.25) is 5.95 Å². The highest BCUT2D eigenvalue weighted by Gasteiger charge is 2.26. The Morgan fingerprint density at radius 1 is 1.10 bits per heavy atom. The maximum atomic E-state index is 6.06. The van der Waals surface area contributed by atoms with Crippen molar-refractivity contribution in [1.29, 1.82) is 0 Å². The molecule has 3 heterocycles. The Morgan fingerprint density at radius 3 is 2.83 bits per heavy atom. The van der Waals surface area contributed by atoms with Gasteiger partial charge in [0.1, 0.15) is 6.61 Å². The molecule has 1 atom stereocenters. The summed E-state index contributed by atoms with van der Waals surface area (Å²) in [4.78, 5) is 10.5. The van der Waals surface area contributed by atoms with Gasteiger partial charge in [-0.25, -0.2) is 9.98 Å². The number of thiophene rings is 1. The number of imidazole rings is 1. The third-order valence-electron chi connectivity index (χ3n) is 4.86. The van der Waals surface area contributed by atoms with E-state index in [0.717, 1.165) is 21.5 Å². The van der Waals surface area contributed by atoms with Crippen LogP contribution in [0, 0.1) is 0 Å². The van der Waals surface area contributed by atoms with E-state index in [1.807, 2.05) is 65.4 Å². The molecule has 0 fully saturated rings. The van der Waals surface area contributed by atoms with Crippen molar-refractivity contribution in [2.24, 2.45) is 10.7 Å². The predicted molar refractivity (Wildman–Crippen MR) is 119 cm³/mol. The number of para-hydroxylation sites is 2. The number of fused-ring (bicyclic) bond motifs is 3. The molecule has 0 bridgehead atoms. The molecule has 152 valence electrons. The zero-order chi connectivity index (χ0) is 20.5. The van der Waals surface area contributed by atoms with Crippen LogP contribution in [-0.4, -0.2) is 22.1 Å². The van der Waals surface area contributed by atoms with Gasteiger partial charge in [0, 0.05) is 10.4 Å². The molecule has 1 aliphatic heterocycles. The Kier molecular flexibility index (Phi) is 4.76. The summed E-state index contributed by atoms with van der Waals surface area (Å²) in [6, 6.07) is 17.9. The molecule has 0 spiro atoms. The first kappa shape index (κ1) is 18.5. The van der Waals surface area contributed by atoms with Crippen LogP contribution in [-0.2, 0) is 6.61 Å². The smallest absolute Gasteiger partial charge is 0.212 e. The molecule has 5 rings (SSSR count). The van der Waals surface area contributed by atoms with Crippen LogP contribution < -0.4 is 20.5 Å². The molecule has 8 heteroatoms. The number of rotatable bonds is 6. The summed E-state index contributed by atoms with van der Waals surface area (Å²) in [7, 11) is 0. The summed E-state index contributed by atoms with van der Waals surface area (Å²) < 4.78 is 13.9. The first-order valence-electron chi connectivity index (χ1n) is 9.72. The third kappa shape index (κ3) is 3.35. The second-order valence-corrected chi connectivity index (χ2v) is 7.85. The average Bonchev–Trinajstić information content (AvgIpc) is 3.39. The Hall–Kier alpha value is -3.52. The molecule has 0 radical (unpaired) electrons. The van der Waals surface area contributed by atoms with E-state index >= 15 is 0 Å². The zero-order valence-corrected chi connectivity index (χ0v) is 17.2. The van der Waals surface area contributed by atoms with Crippen molar-refractivity contribution in [2.75, 3.05) is 11.9 Å². The Morgan fingerprint density at radius 2 is 2.00 bits per heavy atom. The molecular weight excluding hydrogens is 398 g/mol. The summed E-state index contributed by atoms with van der Waals surface area (Å²) in [6.07, 6.45) is -0.348. The van der Waals surface area contributed by atoms with Crippen molar-refractivity contribution in [3.63, 3.8) is 0 Å². The van der Waals surface area contributed by atoms with Gasteiger partial charge in [0.25, 0.3) is 0 Å². The van der Waals surface area contributed by atoms with Crippen LogP contribution in [0.25, 0.3) is 11.0 Å². The van der Waals surface area contributed by atoms with Gasteiger partial charge in [0.15, 0.2) is 23.6 Å². The first-order chi connectivity index (χ1) is 14.7. The van der Waals surface area contributed by atoms with Crippen LogP contribution in [0.4, 0.5) is 5.95 Å². The molecule has 2 aromatic carbocycles. The molecule has 0 saturated heterocycles. The lowest BCUT2D eigenvalue weighted by atomic mass is 10.1. The van der Waals surface area contributed by atoms with E-state index < -0.39 is 0 Å². The lowest BCUT2D eigenvalue weighted by Crippen LogP contribution is -2.31. The van der Waals surface area contributed by atoms with Crippen LogP contribution in [0.15, 0.2) is 65.0 Å². The summed E-state index contributed by atoms with van der Waals surface area (Å²) >= 11 is 1.67. The number of anilines is 1. The molecule has 1 aliphatic rings. The molecule has 7 nitrogen and oxygen atoms in total. The number of hydrogen-bond acceptors (Lipinski definition) is 7. The number of guanidine groups is 1. The summed E-state index contributed by atoms with van der Waals surface area (Å²) in [5.41, 5.74) is 8.87. The van der Waals surface area contributed by atoms with Crippen LogP contribution in [0.5, 0.6) is 11.5 Å². The number of benzene rings is 2. The van der Waals surface area contributed by atoms with Gasteiger partial charge in [0.05, 0.1) is 17.6 Å². The summed E-state index contributed by atoms with van der Waals surface area (Å²) in [6.45, 7) is 3.00. The van der Waals surface area contributed by atoms with Crippen LogP contribution in [0.2, 0.25) is 0 Å². The lowest BCUT2D eigenvalue weighted by molar-refractivity contribution is 0.271. The zero-order valence-electron chi connectivity index (χ0n) is 16.4. The number of aliphatic imine (C=N–C) groups is 1. The largest absolute Gasteiger partial charge is 0.490 e. The molecule has 0 amide bonds. The van der Waals surface area contributed by atoms with E-state index in [1.54, 1.807) is 11.3 Å². The second-order valence-electron chi connectivity index (χ2n) is 6.81. The fourth-order valence-electron chi connectivity index (χ4n) is 3.56. The van der Waals surface area contributed by atoms with Crippen molar-refractivity contribution < 1.29 is 9.47 Å². The molecular formula is C22H21N5O2S. The van der Waals surface area contributed by atoms with Crippen molar-refractivity contribution in [3.05, 3.63) is 70.4 Å². The normalized spacial score (nSPS) is 15.4. The highest BCUT2D eigenvalue weighted by molar-refractivity contribution is 7.09. The summed E-state index contributed by atoms with van der Waals surface area (Å²) in [5.74, 6) is 2.39. The highest BCUT2D eigenvalue weighted by atomic mass is 32.1. The van der Waals surface area contributed by atoms with E-state index in [4.69, 9.17) is 15.2 Å². The van der Waals surface area contributed by atoms with Crippen molar-refractivity contribution in [3.8, 4) is 11.5 Å². The van der Waals surface area contributed by atoms with E-state index in [2.05, 4.69) is 21.4 Å². The van der Waals surface area contributed by atoms with Crippen molar-refractivity contribution >= 4 is 34.3 Å². The Bertz CT molecular complexity index is 1220. The van der Waals surface area contributed by atoms with Gasteiger partial charge in [-0.05, 0) is 42.6 Å². The maximum absolute atomic E-state index is 6.06. The molecule has 4 aromatic rings. The highest BCUT2D eigenvalue weighted by Crippen LogP contribution is 2.37. The van der Waals surface area contributed by atoms with Crippen LogP contribution >= 0.6 is 11.3 Å². The lowest BCUT2D eigenvalue weighted by Gasteiger charge is -2.24. The minimum absolute atomic E-state index is 0.332. The Labute approximate surface area is 177 Å². The van der Waals surface area contributed by atoms with E-state index in [-0.39, 0.29) is 6.17 Å². The number of hydrogen-bond donors (Lipinski definition) is 2. The first-order valence-corrected chi connectivity index (χ1v) is 10.6. The van der Waals surface area contributed by atoms with Gasteiger partial charge in [-0.2, -0.15) is 0 Å². The van der Waals surface area contributed by atoms with Gasteiger partial charge < -0.3 is 15.2 Å². The van der Waals surface area contributed by atoms with Crippen LogP contribution in [0.3, 0.4) is 0 Å². The monoisotopic (exact) mass is 419 g/mol. The molecule has 3 N–H and O–H groups in total. The predicted octanol–water partition coefficient (Wildman–Crippen LogP) is 4.36. The minimum Gasteiger partial charge on any atom is -0.490 e. The van der Waals surface area contributed by atoms with Crippen molar-refractivity contribution in [2.45, 2.75) is 19.7 Å². The molecule has 2 aromatic heterocycles. The second kappa shape index (κ2) is 7.72. The number of nitrogens with zero attached hydrogens (tertiary/aromatic N) is 3. The van der Waals surface area contributed by atoms with Gasteiger partial charge in [-0.15, -0.1) is 11.3 Å². The van der Waals surface area contributed by atoms with E-state index in [1.165, 1.54) is 0 Å².